The summed E-state index contributed by atoms with van der Waals surface area (Å²) in [5.41, 5.74) is 1.35. The lowest BCUT2D eigenvalue weighted by Crippen LogP contribution is -2.27. The van der Waals surface area contributed by atoms with E-state index in [-0.39, 0.29) is 5.56 Å². The maximum Gasteiger partial charge on any atom is 0.263 e. The van der Waals surface area contributed by atoms with Crippen LogP contribution in [0.2, 0.25) is 0 Å². The normalized spacial score (nSPS) is 17.5. The van der Waals surface area contributed by atoms with E-state index < -0.39 is 0 Å². The van der Waals surface area contributed by atoms with Crippen LogP contribution >= 0.6 is 0 Å². The fourth-order valence-electron chi connectivity index (χ4n) is 3.43. The molecule has 0 unspecified atom stereocenters. The Morgan fingerprint density at radius 1 is 1.12 bits per heavy atom. The molecule has 2 heterocycles. The molecule has 0 radical (unpaired) electrons. The van der Waals surface area contributed by atoms with E-state index in [1.165, 1.54) is 25.7 Å². The van der Waals surface area contributed by atoms with Crippen molar-refractivity contribution in [1.29, 1.82) is 0 Å². The lowest BCUT2D eigenvalue weighted by molar-refractivity contribution is 0.563. The highest BCUT2D eigenvalue weighted by Gasteiger charge is 2.41. The summed E-state index contributed by atoms with van der Waals surface area (Å²) in [4.78, 5) is 20.0. The summed E-state index contributed by atoms with van der Waals surface area (Å²) in [6.07, 6.45) is 6.70. The van der Waals surface area contributed by atoms with Gasteiger partial charge in [0.2, 0.25) is 5.95 Å². The van der Waals surface area contributed by atoms with Gasteiger partial charge in [0.25, 0.3) is 5.56 Å². The Morgan fingerprint density at radius 2 is 1.83 bits per heavy atom. The van der Waals surface area contributed by atoms with Gasteiger partial charge in [0.15, 0.2) is 5.65 Å². The number of H-pyrrole nitrogens is 1. The van der Waals surface area contributed by atoms with Crippen LogP contribution in [0.1, 0.15) is 25.7 Å². The van der Waals surface area contributed by atoms with E-state index in [2.05, 4.69) is 20.4 Å². The maximum atomic E-state index is 12.4. The van der Waals surface area contributed by atoms with Gasteiger partial charge in [-0.1, -0.05) is 18.2 Å². The van der Waals surface area contributed by atoms with Gasteiger partial charge in [-0.05, 0) is 49.7 Å². The third-order valence-electron chi connectivity index (χ3n) is 5.00. The molecule has 0 atom stereocenters. The van der Waals surface area contributed by atoms with Crippen LogP contribution in [0.5, 0.6) is 0 Å². The first-order valence-corrected chi connectivity index (χ1v) is 8.59. The third kappa shape index (κ3) is 2.38. The molecule has 2 N–H and O–H groups in total. The highest BCUT2D eigenvalue weighted by atomic mass is 16.1. The fourth-order valence-corrected chi connectivity index (χ4v) is 3.43. The molecule has 2 aliphatic rings. The number of anilines is 1. The Balaban J connectivity index is 1.56. The Morgan fingerprint density at radius 3 is 2.50 bits per heavy atom. The van der Waals surface area contributed by atoms with Crippen LogP contribution in [0, 0.1) is 11.8 Å². The van der Waals surface area contributed by atoms with Crippen molar-refractivity contribution in [3.63, 3.8) is 0 Å². The minimum absolute atomic E-state index is 0.143. The quantitative estimate of drug-likeness (QED) is 0.757. The molecule has 6 heteroatoms. The second-order valence-electron chi connectivity index (χ2n) is 6.89. The van der Waals surface area contributed by atoms with Crippen molar-refractivity contribution in [3.8, 4) is 5.69 Å². The topological polar surface area (TPSA) is 75.6 Å². The van der Waals surface area contributed by atoms with Crippen molar-refractivity contribution < 1.29 is 0 Å². The van der Waals surface area contributed by atoms with Gasteiger partial charge in [-0.2, -0.15) is 10.1 Å². The van der Waals surface area contributed by atoms with E-state index in [9.17, 15) is 4.79 Å². The highest BCUT2D eigenvalue weighted by molar-refractivity contribution is 5.76. The molecule has 2 aliphatic carbocycles. The molecular formula is C18H19N5O. The zero-order chi connectivity index (χ0) is 16.1. The minimum Gasteiger partial charge on any atom is -0.352 e. The summed E-state index contributed by atoms with van der Waals surface area (Å²) in [5.74, 6) is 2.03. The highest BCUT2D eigenvalue weighted by Crippen LogP contribution is 2.45. The van der Waals surface area contributed by atoms with Gasteiger partial charge in [0.1, 0.15) is 5.39 Å². The average molecular weight is 321 g/mol. The number of benzene rings is 1. The molecule has 0 aliphatic heterocycles. The van der Waals surface area contributed by atoms with Crippen LogP contribution in [-0.4, -0.2) is 25.8 Å². The second kappa shape index (κ2) is 5.19. The molecule has 0 amide bonds. The number of fused-ring (bicyclic) bond motifs is 1. The first kappa shape index (κ1) is 13.8. The first-order chi connectivity index (χ1) is 11.8. The summed E-state index contributed by atoms with van der Waals surface area (Å²) in [6.45, 7) is 0. The Bertz CT molecular complexity index is 925. The van der Waals surface area contributed by atoms with Crippen molar-refractivity contribution in [2.45, 2.75) is 31.7 Å². The van der Waals surface area contributed by atoms with E-state index in [0.29, 0.717) is 23.0 Å². The molecule has 0 spiro atoms. The van der Waals surface area contributed by atoms with E-state index in [0.717, 1.165) is 17.5 Å². The molecule has 5 rings (SSSR count). The second-order valence-corrected chi connectivity index (χ2v) is 6.89. The van der Waals surface area contributed by atoms with Crippen molar-refractivity contribution in [2.75, 3.05) is 5.32 Å². The van der Waals surface area contributed by atoms with Gasteiger partial charge in [0.05, 0.1) is 11.9 Å². The van der Waals surface area contributed by atoms with Gasteiger partial charge < -0.3 is 5.32 Å². The monoisotopic (exact) mass is 321 g/mol. The number of para-hydroxylation sites is 1. The summed E-state index contributed by atoms with van der Waals surface area (Å²) in [6, 6.07) is 10.2. The predicted octanol–water partition coefficient (Wildman–Crippen LogP) is 2.71. The van der Waals surface area contributed by atoms with Crippen LogP contribution in [0.15, 0.2) is 41.3 Å². The smallest absolute Gasteiger partial charge is 0.263 e. The average Bonchev–Trinajstić information content (AvgIpc) is 3.51. The van der Waals surface area contributed by atoms with E-state index in [1.807, 2.05) is 30.3 Å². The number of nitrogens with one attached hydrogen (secondary N) is 2. The molecule has 3 aromatic rings. The third-order valence-corrected chi connectivity index (χ3v) is 5.00. The molecule has 1 aromatic carbocycles. The van der Waals surface area contributed by atoms with Crippen LogP contribution in [-0.2, 0) is 0 Å². The van der Waals surface area contributed by atoms with Crippen LogP contribution in [0.3, 0.4) is 0 Å². The number of hydrogen-bond acceptors (Lipinski definition) is 4. The summed E-state index contributed by atoms with van der Waals surface area (Å²) in [7, 11) is 0. The first-order valence-electron chi connectivity index (χ1n) is 8.59. The standard InChI is InChI=1S/C18H19N5O/c24-17-14-10-19-23(13-4-2-1-3-5-13)16(14)21-18(22-17)20-15(11-6-7-11)12-8-9-12/h1-5,10-12,15H,6-9H2,(H2,20,21,22,24). The fraction of sp³-hybridized carbons (Fsp3) is 0.389. The van der Waals surface area contributed by atoms with Gasteiger partial charge >= 0.3 is 0 Å². The maximum absolute atomic E-state index is 12.4. The molecule has 2 saturated carbocycles. The van der Waals surface area contributed by atoms with Crippen LogP contribution < -0.4 is 10.9 Å². The lowest BCUT2D eigenvalue weighted by atomic mass is 10.1. The largest absolute Gasteiger partial charge is 0.352 e. The van der Waals surface area contributed by atoms with Crippen molar-refractivity contribution in [2.24, 2.45) is 11.8 Å². The molecule has 0 bridgehead atoms. The predicted molar refractivity (Wildman–Crippen MR) is 92.3 cm³/mol. The zero-order valence-electron chi connectivity index (χ0n) is 13.3. The molecule has 2 fully saturated rings. The van der Waals surface area contributed by atoms with Crippen LogP contribution in [0.25, 0.3) is 16.7 Å². The van der Waals surface area contributed by atoms with Gasteiger partial charge in [-0.15, -0.1) is 0 Å². The van der Waals surface area contributed by atoms with E-state index >= 15 is 0 Å². The lowest BCUT2D eigenvalue weighted by Gasteiger charge is -2.17. The Labute approximate surface area is 138 Å². The summed E-state index contributed by atoms with van der Waals surface area (Å²) < 4.78 is 1.72. The van der Waals surface area contributed by atoms with Gasteiger partial charge in [-0.3, -0.25) is 9.78 Å². The molecule has 2 aromatic heterocycles. The molecule has 0 saturated heterocycles. The van der Waals surface area contributed by atoms with E-state index in [1.54, 1.807) is 10.9 Å². The summed E-state index contributed by atoms with van der Waals surface area (Å²) >= 11 is 0. The number of aromatic amines is 1. The number of hydrogen-bond donors (Lipinski definition) is 2. The molecule has 24 heavy (non-hydrogen) atoms. The zero-order valence-corrected chi connectivity index (χ0v) is 13.3. The van der Waals surface area contributed by atoms with E-state index in [4.69, 9.17) is 0 Å². The number of nitrogens with zero attached hydrogens (tertiary/aromatic N) is 3. The minimum atomic E-state index is -0.143. The van der Waals surface area contributed by atoms with Gasteiger partial charge in [-0.25, -0.2) is 4.68 Å². The number of aromatic nitrogens is 4. The molecule has 6 nitrogen and oxygen atoms in total. The van der Waals surface area contributed by atoms with Crippen molar-refractivity contribution >= 4 is 17.0 Å². The number of rotatable bonds is 5. The van der Waals surface area contributed by atoms with Crippen molar-refractivity contribution in [1.82, 2.24) is 19.7 Å². The van der Waals surface area contributed by atoms with Gasteiger partial charge in [0, 0.05) is 6.04 Å². The molecular weight excluding hydrogens is 302 g/mol. The van der Waals surface area contributed by atoms with Crippen LogP contribution in [0.4, 0.5) is 5.95 Å². The Hall–Kier alpha value is -2.63. The SMILES string of the molecule is O=c1[nH]c(NC(C2CC2)C2CC2)nc2c1cnn2-c1ccccc1. The van der Waals surface area contributed by atoms with Crippen molar-refractivity contribution in [3.05, 3.63) is 46.9 Å². The molecule has 122 valence electrons. The summed E-state index contributed by atoms with van der Waals surface area (Å²) in [5, 5.41) is 8.36. The Kier molecular flexibility index (Phi) is 2.98.